The molecule has 2 heterocycles. The van der Waals surface area contributed by atoms with Crippen LogP contribution in [0.5, 0.6) is 0 Å². The smallest absolute Gasteiger partial charge is 0.303 e. The summed E-state index contributed by atoms with van der Waals surface area (Å²) in [4.78, 5) is 50.5. The Balaban J connectivity index is 2.19. The van der Waals surface area contributed by atoms with Gasteiger partial charge in [0.2, 0.25) is 0 Å². The van der Waals surface area contributed by atoms with Gasteiger partial charge in [-0.2, -0.15) is 5.10 Å². The molecule has 2 aromatic rings. The zero-order valence-electron chi connectivity index (χ0n) is 20.4. The summed E-state index contributed by atoms with van der Waals surface area (Å²) >= 11 is 10.9. The van der Waals surface area contributed by atoms with Crippen LogP contribution >= 0.6 is 24.4 Å². The first-order chi connectivity index (χ1) is 17.5. The summed E-state index contributed by atoms with van der Waals surface area (Å²) in [6.07, 6.45) is -6.49. The van der Waals surface area contributed by atoms with Crippen molar-refractivity contribution < 1.29 is 42.9 Å². The van der Waals surface area contributed by atoms with Crippen molar-refractivity contribution in [1.29, 1.82) is 0 Å². The molecule has 0 aliphatic carbocycles. The molecule has 1 aromatic carbocycles. The first-order valence-corrected chi connectivity index (χ1v) is 11.9. The van der Waals surface area contributed by atoms with Gasteiger partial charge in [0.15, 0.2) is 29.3 Å². The molecule has 3 rings (SSSR count). The normalized spacial score (nSPS) is 23.0. The van der Waals surface area contributed by atoms with Crippen molar-refractivity contribution in [2.75, 3.05) is 6.61 Å². The second kappa shape index (κ2) is 12.2. The maximum Gasteiger partial charge on any atom is 0.303 e. The maximum atomic E-state index is 12.1. The van der Waals surface area contributed by atoms with Gasteiger partial charge in [0, 0.05) is 33.3 Å². The van der Waals surface area contributed by atoms with Crippen LogP contribution in [0.15, 0.2) is 30.3 Å². The van der Waals surface area contributed by atoms with Gasteiger partial charge < -0.3 is 28.7 Å². The lowest BCUT2D eigenvalue weighted by Gasteiger charge is -2.44. The minimum atomic E-state index is -1.37. The Morgan fingerprint density at radius 3 is 2.03 bits per heavy atom. The van der Waals surface area contributed by atoms with E-state index in [4.69, 9.17) is 48.1 Å². The molecule has 198 valence electrons. The fourth-order valence-electron chi connectivity index (χ4n) is 3.77. The van der Waals surface area contributed by atoms with E-state index in [0.29, 0.717) is 11.3 Å². The molecular formula is C23H25N3O9S2. The largest absolute Gasteiger partial charge is 0.463 e. The number of esters is 4. The Labute approximate surface area is 221 Å². The Bertz CT molecular complexity index is 1290. The fourth-order valence-corrected chi connectivity index (χ4v) is 4.34. The van der Waals surface area contributed by atoms with Crippen molar-refractivity contribution in [2.45, 2.75) is 58.3 Å². The zero-order valence-corrected chi connectivity index (χ0v) is 22.0. The van der Waals surface area contributed by atoms with E-state index in [2.05, 4.69) is 10.1 Å². The topological polar surface area (TPSA) is 148 Å². The summed E-state index contributed by atoms with van der Waals surface area (Å²) in [6, 6.07) is 8.99. The van der Waals surface area contributed by atoms with Gasteiger partial charge in [-0.25, -0.2) is 4.68 Å². The number of nitrogens with zero attached hydrogens (tertiary/aromatic N) is 2. The minimum Gasteiger partial charge on any atom is -0.463 e. The third kappa shape index (κ3) is 7.05. The summed E-state index contributed by atoms with van der Waals surface area (Å²) in [7, 11) is 0. The van der Waals surface area contributed by atoms with E-state index in [1.165, 1.54) is 11.6 Å². The molecule has 1 aromatic heterocycles. The van der Waals surface area contributed by atoms with Gasteiger partial charge in [0.25, 0.3) is 0 Å². The van der Waals surface area contributed by atoms with E-state index in [9.17, 15) is 19.2 Å². The van der Waals surface area contributed by atoms with Crippen LogP contribution in [0.4, 0.5) is 0 Å². The Morgan fingerprint density at radius 2 is 1.46 bits per heavy atom. The van der Waals surface area contributed by atoms with E-state index in [0.717, 1.165) is 20.8 Å². The number of ether oxygens (including phenoxy) is 5. The lowest BCUT2D eigenvalue weighted by molar-refractivity contribution is -0.270. The number of H-pyrrole nitrogens is 1. The van der Waals surface area contributed by atoms with Gasteiger partial charge >= 0.3 is 23.9 Å². The van der Waals surface area contributed by atoms with Gasteiger partial charge in [-0.15, -0.1) is 0 Å². The molecule has 1 fully saturated rings. The van der Waals surface area contributed by atoms with Crippen LogP contribution in [-0.4, -0.2) is 69.7 Å². The fraction of sp³-hybridized carbons (Fsp3) is 0.435. The predicted molar refractivity (Wildman–Crippen MR) is 131 cm³/mol. The molecular weight excluding hydrogens is 526 g/mol. The summed E-state index contributed by atoms with van der Waals surface area (Å²) in [5.41, 5.74) is 1.01. The number of hydrogen-bond donors (Lipinski definition) is 1. The highest BCUT2D eigenvalue weighted by Crippen LogP contribution is 2.35. The van der Waals surface area contributed by atoms with Crippen LogP contribution in [-0.2, 0) is 42.9 Å². The highest BCUT2D eigenvalue weighted by atomic mass is 32.1. The first kappa shape index (κ1) is 28.1. The summed E-state index contributed by atoms with van der Waals surface area (Å²) in [5, 5.41) is 4.56. The van der Waals surface area contributed by atoms with Crippen LogP contribution in [0, 0.1) is 9.41 Å². The molecule has 1 aliphatic rings. The van der Waals surface area contributed by atoms with E-state index >= 15 is 0 Å². The highest BCUT2D eigenvalue weighted by Gasteiger charge is 2.53. The third-order valence-corrected chi connectivity index (χ3v) is 5.69. The summed E-state index contributed by atoms with van der Waals surface area (Å²) in [5.74, 6) is -2.85. The number of hydrogen-bond acceptors (Lipinski definition) is 12. The molecule has 5 atom stereocenters. The van der Waals surface area contributed by atoms with Crippen molar-refractivity contribution in [3.63, 3.8) is 0 Å². The molecule has 0 amide bonds. The molecule has 14 heteroatoms. The average molecular weight is 552 g/mol. The number of aromatic nitrogens is 3. The van der Waals surface area contributed by atoms with Crippen molar-refractivity contribution in [1.82, 2.24) is 14.8 Å². The highest BCUT2D eigenvalue weighted by molar-refractivity contribution is 7.72. The molecule has 0 spiro atoms. The van der Waals surface area contributed by atoms with Crippen molar-refractivity contribution >= 4 is 48.3 Å². The van der Waals surface area contributed by atoms with Gasteiger partial charge in [-0.3, -0.25) is 19.2 Å². The van der Waals surface area contributed by atoms with Crippen molar-refractivity contribution in [2.24, 2.45) is 0 Å². The average Bonchev–Trinajstić information content (AvgIpc) is 2.80. The monoisotopic (exact) mass is 551 g/mol. The SMILES string of the molecule is CC(=O)OCC1OC(n2nc(-c3ccccc3)c(=S)[nH]c2=S)C(OC(C)=O)C(OC(C)=O)C1OC(C)=O. The number of benzene rings is 1. The Hall–Kier alpha value is -3.49. The second-order valence-electron chi connectivity index (χ2n) is 8.01. The number of nitrogens with one attached hydrogen (secondary N) is 1. The standard InChI is InChI=1S/C23H25N3O9S2/c1-11(27)31-10-16-18(32-12(2)28)19(33-13(3)29)20(34-14(4)30)22(35-16)26-23(37)24-21(36)17(25-26)15-8-6-5-7-9-15/h5-9,16,18-20,22H,10H2,1-4H3,(H,24,36,37). The third-order valence-electron chi connectivity index (χ3n) is 5.11. The van der Waals surface area contributed by atoms with Crippen LogP contribution in [0.3, 0.4) is 0 Å². The van der Waals surface area contributed by atoms with Crippen LogP contribution in [0.1, 0.15) is 33.9 Å². The molecule has 0 saturated carbocycles. The van der Waals surface area contributed by atoms with Crippen molar-refractivity contribution in [3.8, 4) is 11.3 Å². The van der Waals surface area contributed by atoms with E-state index in [-0.39, 0.29) is 16.0 Å². The first-order valence-electron chi connectivity index (χ1n) is 11.1. The number of aromatic amines is 1. The molecule has 5 unspecified atom stereocenters. The minimum absolute atomic E-state index is 0.00517. The van der Waals surface area contributed by atoms with Crippen LogP contribution in [0.25, 0.3) is 11.3 Å². The number of carbonyl (C=O) groups excluding carboxylic acids is 4. The Morgan fingerprint density at radius 1 is 0.892 bits per heavy atom. The summed E-state index contributed by atoms with van der Waals surface area (Å²) < 4.78 is 29.1. The lowest BCUT2D eigenvalue weighted by atomic mass is 9.97. The Kier molecular flexibility index (Phi) is 9.23. The van der Waals surface area contributed by atoms with Gasteiger partial charge in [0.1, 0.15) is 23.0 Å². The van der Waals surface area contributed by atoms with E-state index in [1.54, 1.807) is 24.3 Å². The van der Waals surface area contributed by atoms with E-state index < -0.39 is 54.5 Å². The van der Waals surface area contributed by atoms with Gasteiger partial charge in [-0.1, -0.05) is 42.5 Å². The van der Waals surface area contributed by atoms with Gasteiger partial charge in [0.05, 0.1) is 0 Å². The zero-order chi connectivity index (χ0) is 27.3. The number of carbonyl (C=O) groups is 4. The summed E-state index contributed by atoms with van der Waals surface area (Å²) in [6.45, 7) is 4.23. The lowest BCUT2D eigenvalue weighted by Crippen LogP contribution is -2.60. The predicted octanol–water partition coefficient (Wildman–Crippen LogP) is 2.59. The molecule has 0 radical (unpaired) electrons. The number of rotatable bonds is 7. The quantitative estimate of drug-likeness (QED) is 0.306. The van der Waals surface area contributed by atoms with Crippen LogP contribution in [0.2, 0.25) is 0 Å². The van der Waals surface area contributed by atoms with Crippen molar-refractivity contribution in [3.05, 3.63) is 39.7 Å². The molecule has 37 heavy (non-hydrogen) atoms. The second-order valence-corrected chi connectivity index (χ2v) is 8.80. The maximum absolute atomic E-state index is 12.1. The molecule has 12 nitrogen and oxygen atoms in total. The van der Waals surface area contributed by atoms with Gasteiger partial charge in [-0.05, 0) is 12.2 Å². The van der Waals surface area contributed by atoms with E-state index in [1.807, 2.05) is 6.07 Å². The molecule has 0 bridgehead atoms. The molecule has 1 N–H and O–H groups in total. The molecule has 1 saturated heterocycles. The molecule has 1 aliphatic heterocycles. The van der Waals surface area contributed by atoms with Crippen LogP contribution < -0.4 is 0 Å².